The Hall–Kier alpha value is -0.890. The van der Waals surface area contributed by atoms with Gasteiger partial charge in [0, 0.05) is 0 Å². The van der Waals surface area contributed by atoms with E-state index in [-0.39, 0.29) is 11.7 Å². The summed E-state index contributed by atoms with van der Waals surface area (Å²) in [5.74, 6) is 0.133. The third-order valence-corrected chi connectivity index (χ3v) is 2.35. The van der Waals surface area contributed by atoms with Crippen LogP contribution in [0.1, 0.15) is 30.4 Å². The van der Waals surface area contributed by atoms with Crippen LogP contribution in [-0.4, -0.2) is 6.54 Å². The van der Waals surface area contributed by atoms with Crippen LogP contribution < -0.4 is 5.73 Å². The highest BCUT2D eigenvalue weighted by molar-refractivity contribution is 5.27. The molecule has 1 rings (SSSR count). The molecular weight excluding hydrogens is 165 g/mol. The highest BCUT2D eigenvalue weighted by Gasteiger charge is 2.10. The summed E-state index contributed by atoms with van der Waals surface area (Å²) in [6.45, 7) is 4.40. The Bertz CT molecular complexity index is 283. The number of aryl methyl sites for hydroxylation is 1. The Morgan fingerprint density at radius 1 is 1.46 bits per heavy atom. The zero-order chi connectivity index (χ0) is 9.84. The van der Waals surface area contributed by atoms with Crippen LogP contribution in [-0.2, 0) is 0 Å². The van der Waals surface area contributed by atoms with Crippen molar-refractivity contribution in [1.29, 1.82) is 0 Å². The van der Waals surface area contributed by atoms with Crippen LogP contribution in [0, 0.1) is 12.7 Å². The Morgan fingerprint density at radius 3 is 2.77 bits per heavy atom. The molecule has 0 radical (unpaired) electrons. The molecule has 0 fully saturated rings. The molecule has 0 aromatic heterocycles. The highest BCUT2D eigenvalue weighted by atomic mass is 19.1. The fourth-order valence-corrected chi connectivity index (χ4v) is 1.46. The lowest BCUT2D eigenvalue weighted by Gasteiger charge is -2.12. The van der Waals surface area contributed by atoms with Crippen molar-refractivity contribution in [3.05, 3.63) is 35.1 Å². The van der Waals surface area contributed by atoms with Crippen LogP contribution in [0.25, 0.3) is 0 Å². The maximum Gasteiger partial charge on any atom is 0.129 e. The number of halogens is 1. The molecule has 0 saturated heterocycles. The Balaban J connectivity index is 2.93. The molecule has 1 nitrogen and oxygen atoms in total. The summed E-state index contributed by atoms with van der Waals surface area (Å²) in [7, 11) is 0. The van der Waals surface area contributed by atoms with Gasteiger partial charge in [-0.2, -0.15) is 0 Å². The number of nitrogens with two attached hydrogens (primary N) is 1. The molecule has 13 heavy (non-hydrogen) atoms. The standard InChI is InChI=1S/C11H16FN/c1-8(6-7-13)10-5-3-4-9(2)11(10)12/h3-5,8H,6-7,13H2,1-2H3. The van der Waals surface area contributed by atoms with E-state index < -0.39 is 0 Å². The normalized spacial score (nSPS) is 12.9. The summed E-state index contributed by atoms with van der Waals surface area (Å²) in [4.78, 5) is 0. The van der Waals surface area contributed by atoms with Gasteiger partial charge in [0.05, 0.1) is 0 Å². The van der Waals surface area contributed by atoms with Gasteiger partial charge in [0.15, 0.2) is 0 Å². The minimum absolute atomic E-state index is 0.0801. The van der Waals surface area contributed by atoms with Gasteiger partial charge in [-0.25, -0.2) is 4.39 Å². The first-order valence-corrected chi connectivity index (χ1v) is 4.62. The Kier molecular flexibility index (Phi) is 3.43. The van der Waals surface area contributed by atoms with Crippen molar-refractivity contribution >= 4 is 0 Å². The number of hydrogen-bond donors (Lipinski definition) is 1. The third-order valence-electron chi connectivity index (χ3n) is 2.35. The quantitative estimate of drug-likeness (QED) is 0.762. The van der Waals surface area contributed by atoms with Crippen LogP contribution >= 0.6 is 0 Å². The number of hydrogen-bond acceptors (Lipinski definition) is 1. The largest absolute Gasteiger partial charge is 0.330 e. The van der Waals surface area contributed by atoms with Gasteiger partial charge in [-0.05, 0) is 36.9 Å². The smallest absolute Gasteiger partial charge is 0.129 e. The topological polar surface area (TPSA) is 26.0 Å². The van der Waals surface area contributed by atoms with Gasteiger partial charge in [-0.15, -0.1) is 0 Å². The van der Waals surface area contributed by atoms with E-state index in [0.717, 1.165) is 12.0 Å². The maximum atomic E-state index is 13.5. The average Bonchev–Trinajstić information content (AvgIpc) is 2.10. The molecule has 0 aliphatic rings. The van der Waals surface area contributed by atoms with Gasteiger partial charge in [-0.1, -0.05) is 25.1 Å². The maximum absolute atomic E-state index is 13.5. The molecule has 0 heterocycles. The van der Waals surface area contributed by atoms with Gasteiger partial charge in [0.25, 0.3) is 0 Å². The first-order chi connectivity index (χ1) is 6.16. The summed E-state index contributed by atoms with van der Waals surface area (Å²) in [5.41, 5.74) is 6.92. The van der Waals surface area contributed by atoms with Crippen molar-refractivity contribution in [1.82, 2.24) is 0 Å². The molecule has 2 heteroatoms. The van der Waals surface area contributed by atoms with Crippen LogP contribution in [0.15, 0.2) is 18.2 Å². The molecular formula is C11H16FN. The predicted molar refractivity (Wildman–Crippen MR) is 53.2 cm³/mol. The lowest BCUT2D eigenvalue weighted by molar-refractivity contribution is 0.570. The zero-order valence-electron chi connectivity index (χ0n) is 8.18. The summed E-state index contributed by atoms with van der Waals surface area (Å²) in [6, 6.07) is 5.51. The SMILES string of the molecule is Cc1cccc(C(C)CCN)c1F. The van der Waals surface area contributed by atoms with E-state index in [1.807, 2.05) is 19.1 Å². The minimum atomic E-state index is -0.0801. The monoisotopic (exact) mass is 181 g/mol. The summed E-state index contributed by atoms with van der Waals surface area (Å²) >= 11 is 0. The fraction of sp³-hybridized carbons (Fsp3) is 0.455. The van der Waals surface area contributed by atoms with Crippen LogP contribution in [0.4, 0.5) is 4.39 Å². The molecule has 0 saturated carbocycles. The van der Waals surface area contributed by atoms with Crippen molar-refractivity contribution in [2.24, 2.45) is 5.73 Å². The van der Waals surface area contributed by atoms with Crippen molar-refractivity contribution < 1.29 is 4.39 Å². The van der Waals surface area contributed by atoms with E-state index in [1.54, 1.807) is 13.0 Å². The van der Waals surface area contributed by atoms with Gasteiger partial charge in [0.2, 0.25) is 0 Å². The summed E-state index contributed by atoms with van der Waals surface area (Å²) < 4.78 is 13.5. The lowest BCUT2D eigenvalue weighted by atomic mass is 9.96. The average molecular weight is 181 g/mol. The molecule has 0 spiro atoms. The predicted octanol–water partition coefficient (Wildman–Crippen LogP) is 2.59. The molecule has 0 aliphatic heterocycles. The first-order valence-electron chi connectivity index (χ1n) is 4.62. The molecule has 0 bridgehead atoms. The number of rotatable bonds is 3. The molecule has 0 aliphatic carbocycles. The minimum Gasteiger partial charge on any atom is -0.330 e. The van der Waals surface area contributed by atoms with Crippen LogP contribution in [0.3, 0.4) is 0 Å². The zero-order valence-corrected chi connectivity index (χ0v) is 8.18. The van der Waals surface area contributed by atoms with Gasteiger partial charge >= 0.3 is 0 Å². The third kappa shape index (κ3) is 2.28. The van der Waals surface area contributed by atoms with Crippen molar-refractivity contribution in [3.63, 3.8) is 0 Å². The Labute approximate surface area is 78.8 Å². The number of benzene rings is 1. The van der Waals surface area contributed by atoms with E-state index >= 15 is 0 Å². The molecule has 1 unspecified atom stereocenters. The second-order valence-electron chi connectivity index (χ2n) is 3.46. The van der Waals surface area contributed by atoms with Crippen molar-refractivity contribution in [3.8, 4) is 0 Å². The molecule has 2 N–H and O–H groups in total. The van der Waals surface area contributed by atoms with Crippen molar-refractivity contribution in [2.75, 3.05) is 6.54 Å². The molecule has 1 atom stereocenters. The molecule has 1 aromatic carbocycles. The van der Waals surface area contributed by atoms with E-state index in [0.29, 0.717) is 12.1 Å². The van der Waals surface area contributed by atoms with Gasteiger partial charge in [-0.3, -0.25) is 0 Å². The Morgan fingerprint density at radius 2 is 2.15 bits per heavy atom. The van der Waals surface area contributed by atoms with E-state index in [1.165, 1.54) is 0 Å². The molecule has 1 aromatic rings. The van der Waals surface area contributed by atoms with Gasteiger partial charge in [0.1, 0.15) is 5.82 Å². The van der Waals surface area contributed by atoms with Crippen molar-refractivity contribution in [2.45, 2.75) is 26.2 Å². The van der Waals surface area contributed by atoms with E-state index in [2.05, 4.69) is 0 Å². The first kappa shape index (κ1) is 10.2. The summed E-state index contributed by atoms with van der Waals surface area (Å²) in [5, 5.41) is 0. The van der Waals surface area contributed by atoms with Gasteiger partial charge < -0.3 is 5.73 Å². The summed E-state index contributed by atoms with van der Waals surface area (Å²) in [6.07, 6.45) is 0.834. The lowest BCUT2D eigenvalue weighted by Crippen LogP contribution is -2.06. The van der Waals surface area contributed by atoms with E-state index in [4.69, 9.17) is 5.73 Å². The highest BCUT2D eigenvalue weighted by Crippen LogP contribution is 2.23. The fourth-order valence-electron chi connectivity index (χ4n) is 1.46. The second kappa shape index (κ2) is 4.38. The van der Waals surface area contributed by atoms with Crippen LogP contribution in [0.5, 0.6) is 0 Å². The van der Waals surface area contributed by atoms with E-state index in [9.17, 15) is 4.39 Å². The second-order valence-corrected chi connectivity index (χ2v) is 3.46. The molecule has 72 valence electrons. The van der Waals surface area contributed by atoms with Crippen LogP contribution in [0.2, 0.25) is 0 Å². The molecule has 0 amide bonds.